The standard InChI is InChI=1S/C16H24ClNO4S/c1-13-15(17)4-3-5-16(13)23(19,20)18-8-6-14(7-9-18)12-22-11-10-21-2/h3-5,14H,6-12H2,1-2H3. The molecule has 1 fully saturated rings. The molecule has 0 aromatic heterocycles. The van der Waals surface area contributed by atoms with E-state index < -0.39 is 10.0 Å². The SMILES string of the molecule is COCCOCC1CCN(S(=O)(=O)c2cccc(Cl)c2C)CC1. The molecule has 1 heterocycles. The first kappa shape index (κ1) is 18.7. The summed E-state index contributed by atoms with van der Waals surface area (Å²) in [7, 11) is -1.84. The molecule has 23 heavy (non-hydrogen) atoms. The summed E-state index contributed by atoms with van der Waals surface area (Å²) < 4.78 is 37.6. The number of methoxy groups -OCH3 is 1. The van der Waals surface area contributed by atoms with E-state index in [2.05, 4.69) is 0 Å². The van der Waals surface area contributed by atoms with Crippen molar-refractivity contribution < 1.29 is 17.9 Å². The van der Waals surface area contributed by atoms with Crippen LogP contribution in [0.3, 0.4) is 0 Å². The molecule has 0 radical (unpaired) electrons. The molecular weight excluding hydrogens is 338 g/mol. The van der Waals surface area contributed by atoms with Crippen LogP contribution in [0.15, 0.2) is 23.1 Å². The number of halogens is 1. The number of ether oxygens (including phenoxy) is 2. The quantitative estimate of drug-likeness (QED) is 0.701. The monoisotopic (exact) mass is 361 g/mol. The summed E-state index contributed by atoms with van der Waals surface area (Å²) in [4.78, 5) is 0.305. The number of hydrogen-bond acceptors (Lipinski definition) is 4. The van der Waals surface area contributed by atoms with E-state index in [4.69, 9.17) is 21.1 Å². The normalized spacial score (nSPS) is 17.5. The lowest BCUT2D eigenvalue weighted by molar-refractivity contribution is 0.0410. The van der Waals surface area contributed by atoms with Gasteiger partial charge in [0.1, 0.15) is 0 Å². The van der Waals surface area contributed by atoms with Gasteiger partial charge in [-0.3, -0.25) is 0 Å². The molecule has 0 spiro atoms. The van der Waals surface area contributed by atoms with Gasteiger partial charge < -0.3 is 9.47 Å². The van der Waals surface area contributed by atoms with E-state index in [1.807, 2.05) is 0 Å². The molecule has 1 saturated heterocycles. The summed E-state index contributed by atoms with van der Waals surface area (Å²) in [6.45, 7) is 4.61. The number of nitrogens with zero attached hydrogens (tertiary/aromatic N) is 1. The Morgan fingerprint density at radius 2 is 1.96 bits per heavy atom. The summed E-state index contributed by atoms with van der Waals surface area (Å²) >= 11 is 6.06. The molecule has 0 amide bonds. The summed E-state index contributed by atoms with van der Waals surface area (Å²) in [6.07, 6.45) is 1.62. The van der Waals surface area contributed by atoms with Gasteiger partial charge in [0.25, 0.3) is 0 Å². The summed E-state index contributed by atoms with van der Waals surface area (Å²) in [5.74, 6) is 0.402. The Labute approximate surface area is 143 Å². The van der Waals surface area contributed by atoms with Crippen molar-refractivity contribution in [2.75, 3.05) is 40.0 Å². The van der Waals surface area contributed by atoms with Gasteiger partial charge in [0.05, 0.1) is 18.1 Å². The molecule has 0 atom stereocenters. The van der Waals surface area contributed by atoms with Crippen LogP contribution in [0.2, 0.25) is 5.02 Å². The van der Waals surface area contributed by atoms with Crippen LogP contribution in [0.5, 0.6) is 0 Å². The number of piperidine rings is 1. The van der Waals surface area contributed by atoms with Gasteiger partial charge in [0.2, 0.25) is 10.0 Å². The molecule has 0 bridgehead atoms. The highest BCUT2D eigenvalue weighted by Crippen LogP contribution is 2.28. The molecular formula is C16H24ClNO4S. The zero-order valence-electron chi connectivity index (χ0n) is 13.6. The summed E-state index contributed by atoms with van der Waals surface area (Å²) in [6, 6.07) is 5.01. The van der Waals surface area contributed by atoms with Crippen molar-refractivity contribution in [3.8, 4) is 0 Å². The molecule has 0 aliphatic carbocycles. The van der Waals surface area contributed by atoms with Crippen LogP contribution in [0.1, 0.15) is 18.4 Å². The minimum absolute atomic E-state index is 0.305. The molecule has 7 heteroatoms. The van der Waals surface area contributed by atoms with E-state index in [9.17, 15) is 8.42 Å². The molecule has 0 unspecified atom stereocenters. The third-order valence-electron chi connectivity index (χ3n) is 4.19. The predicted octanol–water partition coefficient (Wildman–Crippen LogP) is 2.71. The Balaban J connectivity index is 1.95. The highest BCUT2D eigenvalue weighted by atomic mass is 35.5. The second-order valence-corrected chi connectivity index (χ2v) is 8.09. The van der Waals surface area contributed by atoms with Gasteiger partial charge >= 0.3 is 0 Å². The molecule has 1 aromatic carbocycles. The van der Waals surface area contributed by atoms with Gasteiger partial charge in [-0.2, -0.15) is 4.31 Å². The number of rotatable bonds is 7. The molecule has 1 aliphatic rings. The zero-order chi connectivity index (χ0) is 16.9. The Morgan fingerprint density at radius 3 is 2.61 bits per heavy atom. The molecule has 0 N–H and O–H groups in total. The maximum atomic E-state index is 12.8. The fourth-order valence-electron chi connectivity index (χ4n) is 2.71. The minimum atomic E-state index is -3.48. The van der Waals surface area contributed by atoms with E-state index in [1.54, 1.807) is 36.5 Å². The summed E-state index contributed by atoms with van der Waals surface area (Å²) in [5, 5.41) is 0.479. The minimum Gasteiger partial charge on any atom is -0.382 e. The predicted molar refractivity (Wildman–Crippen MR) is 90.4 cm³/mol. The molecule has 130 valence electrons. The molecule has 0 saturated carbocycles. The van der Waals surface area contributed by atoms with Crippen LogP contribution in [-0.2, 0) is 19.5 Å². The highest BCUT2D eigenvalue weighted by molar-refractivity contribution is 7.89. The summed E-state index contributed by atoms with van der Waals surface area (Å²) in [5.41, 5.74) is 0.610. The highest BCUT2D eigenvalue weighted by Gasteiger charge is 2.30. The van der Waals surface area contributed by atoms with E-state index in [-0.39, 0.29) is 0 Å². The second-order valence-electron chi connectivity index (χ2n) is 5.78. The average Bonchev–Trinajstić information content (AvgIpc) is 2.54. The first-order chi connectivity index (χ1) is 11.0. The van der Waals surface area contributed by atoms with Crippen molar-refractivity contribution in [1.82, 2.24) is 4.31 Å². The topological polar surface area (TPSA) is 55.8 Å². The number of hydrogen-bond donors (Lipinski definition) is 0. The van der Waals surface area contributed by atoms with Gasteiger partial charge in [0, 0.05) is 31.8 Å². The number of benzene rings is 1. The third-order valence-corrected chi connectivity index (χ3v) is 6.65. The van der Waals surface area contributed by atoms with Crippen LogP contribution >= 0.6 is 11.6 Å². The van der Waals surface area contributed by atoms with E-state index in [0.717, 1.165) is 12.8 Å². The van der Waals surface area contributed by atoms with Gasteiger partial charge in [-0.15, -0.1) is 0 Å². The van der Waals surface area contributed by atoms with Gasteiger partial charge in [-0.05, 0) is 43.4 Å². The van der Waals surface area contributed by atoms with E-state index >= 15 is 0 Å². The van der Waals surface area contributed by atoms with Crippen molar-refractivity contribution >= 4 is 21.6 Å². The van der Waals surface area contributed by atoms with Gasteiger partial charge in [-0.1, -0.05) is 17.7 Å². The zero-order valence-corrected chi connectivity index (χ0v) is 15.2. The number of sulfonamides is 1. The van der Waals surface area contributed by atoms with Crippen molar-refractivity contribution in [1.29, 1.82) is 0 Å². The maximum absolute atomic E-state index is 12.8. The Hall–Kier alpha value is -0.660. The second kappa shape index (κ2) is 8.44. The lowest BCUT2D eigenvalue weighted by Crippen LogP contribution is -2.39. The lowest BCUT2D eigenvalue weighted by atomic mass is 9.99. The first-order valence-corrected chi connectivity index (χ1v) is 9.60. The van der Waals surface area contributed by atoms with Crippen molar-refractivity contribution in [3.05, 3.63) is 28.8 Å². The van der Waals surface area contributed by atoms with Crippen LogP contribution < -0.4 is 0 Å². The van der Waals surface area contributed by atoms with Crippen LogP contribution in [-0.4, -0.2) is 52.7 Å². The maximum Gasteiger partial charge on any atom is 0.243 e. The van der Waals surface area contributed by atoms with Crippen LogP contribution in [0.4, 0.5) is 0 Å². The van der Waals surface area contributed by atoms with E-state index in [0.29, 0.717) is 54.3 Å². The molecule has 1 aliphatic heterocycles. The molecule has 2 rings (SSSR count). The van der Waals surface area contributed by atoms with Crippen LogP contribution in [0, 0.1) is 12.8 Å². The fourth-order valence-corrected chi connectivity index (χ4v) is 4.66. The molecule has 5 nitrogen and oxygen atoms in total. The smallest absolute Gasteiger partial charge is 0.243 e. The van der Waals surface area contributed by atoms with Crippen molar-refractivity contribution in [2.45, 2.75) is 24.7 Å². The first-order valence-electron chi connectivity index (χ1n) is 7.78. The Morgan fingerprint density at radius 1 is 1.26 bits per heavy atom. The van der Waals surface area contributed by atoms with Gasteiger partial charge in [0.15, 0.2) is 0 Å². The molecule has 1 aromatic rings. The largest absolute Gasteiger partial charge is 0.382 e. The van der Waals surface area contributed by atoms with Crippen LogP contribution in [0.25, 0.3) is 0 Å². The van der Waals surface area contributed by atoms with Crippen molar-refractivity contribution in [2.24, 2.45) is 5.92 Å². The van der Waals surface area contributed by atoms with Crippen molar-refractivity contribution in [3.63, 3.8) is 0 Å². The Kier molecular flexibility index (Phi) is 6.85. The third kappa shape index (κ3) is 4.67. The Bertz CT molecular complexity index is 613. The van der Waals surface area contributed by atoms with E-state index in [1.165, 1.54) is 0 Å². The fraction of sp³-hybridized carbons (Fsp3) is 0.625. The lowest BCUT2D eigenvalue weighted by Gasteiger charge is -2.31. The van der Waals surface area contributed by atoms with Gasteiger partial charge in [-0.25, -0.2) is 8.42 Å². The average molecular weight is 362 g/mol.